The van der Waals surface area contributed by atoms with Crippen LogP contribution >= 0.6 is 23.4 Å². The molecule has 0 radical (unpaired) electrons. The molecule has 9 heteroatoms. The summed E-state index contributed by atoms with van der Waals surface area (Å²) in [6.45, 7) is 1.93. The maximum absolute atomic E-state index is 13.7. The average Bonchev–Trinajstić information content (AvgIpc) is 3.05. The van der Waals surface area contributed by atoms with E-state index < -0.39 is 17.1 Å². The van der Waals surface area contributed by atoms with E-state index in [1.165, 1.54) is 18.0 Å². The van der Waals surface area contributed by atoms with E-state index in [9.17, 15) is 14.4 Å². The van der Waals surface area contributed by atoms with Gasteiger partial charge in [0.05, 0.1) is 10.3 Å². The monoisotopic (exact) mass is 620 g/mol. The van der Waals surface area contributed by atoms with E-state index in [1.807, 2.05) is 61.5 Å². The third-order valence-corrected chi connectivity index (χ3v) is 8.25. The van der Waals surface area contributed by atoms with Crippen LogP contribution in [0.1, 0.15) is 29.3 Å². The molecule has 0 spiro atoms. The fraction of sp³-hybridized carbons (Fsp3) is 0.0857. The second-order valence-electron chi connectivity index (χ2n) is 9.79. The van der Waals surface area contributed by atoms with Crippen LogP contribution in [0.5, 0.6) is 0 Å². The minimum atomic E-state index is -0.483. The number of pyridine rings is 1. The molecule has 1 heterocycles. The van der Waals surface area contributed by atoms with E-state index in [1.54, 1.807) is 60.7 Å². The third-order valence-electron chi connectivity index (χ3n) is 6.66. The topological polar surface area (TPSA) is 100 Å². The van der Waals surface area contributed by atoms with Crippen molar-refractivity contribution in [3.05, 3.63) is 137 Å². The van der Waals surface area contributed by atoms with Crippen LogP contribution < -0.4 is 16.0 Å². The van der Waals surface area contributed by atoms with Gasteiger partial charge < -0.3 is 16.0 Å². The van der Waals surface area contributed by atoms with Gasteiger partial charge in [-0.3, -0.25) is 14.4 Å². The van der Waals surface area contributed by atoms with E-state index in [-0.39, 0.29) is 11.6 Å². The molecule has 4 aromatic carbocycles. The van der Waals surface area contributed by atoms with Gasteiger partial charge in [0, 0.05) is 22.3 Å². The highest BCUT2D eigenvalue weighted by Crippen LogP contribution is 2.29. The van der Waals surface area contributed by atoms with Gasteiger partial charge in [0.1, 0.15) is 11.5 Å². The molecule has 5 aromatic rings. The Morgan fingerprint density at radius 1 is 0.864 bits per heavy atom. The van der Waals surface area contributed by atoms with Gasteiger partial charge in [-0.25, -0.2) is 4.98 Å². The highest BCUT2D eigenvalue weighted by Gasteiger charge is 2.20. The molecule has 220 valence electrons. The van der Waals surface area contributed by atoms with Crippen molar-refractivity contribution in [3.63, 3.8) is 0 Å². The lowest BCUT2D eigenvalue weighted by atomic mass is 10.0. The summed E-state index contributed by atoms with van der Waals surface area (Å²) in [5.74, 6) is -0.653. The molecule has 1 aromatic heterocycles. The van der Waals surface area contributed by atoms with Crippen molar-refractivity contribution < 1.29 is 14.4 Å². The molecule has 3 N–H and O–H groups in total. The molecular formula is C35H29ClN4O3S. The number of anilines is 2. The number of carbonyl (C=O) groups excluding carboxylic acids is 3. The smallest absolute Gasteiger partial charge is 0.272 e. The van der Waals surface area contributed by atoms with E-state index >= 15 is 0 Å². The number of nitrogens with zero attached hydrogens (tertiary/aromatic N) is 1. The summed E-state index contributed by atoms with van der Waals surface area (Å²) in [4.78, 5) is 44.6. The molecule has 0 bridgehead atoms. The number of fused-ring (bicyclic) bond motifs is 1. The van der Waals surface area contributed by atoms with Gasteiger partial charge in [0.2, 0.25) is 5.91 Å². The number of carbonyl (C=O) groups is 3. The maximum Gasteiger partial charge on any atom is 0.272 e. The molecule has 0 aliphatic rings. The summed E-state index contributed by atoms with van der Waals surface area (Å²) >= 11 is 7.28. The normalized spacial score (nSPS) is 11.9. The van der Waals surface area contributed by atoms with Gasteiger partial charge in [0.15, 0.2) is 0 Å². The zero-order valence-corrected chi connectivity index (χ0v) is 25.4. The lowest BCUT2D eigenvalue weighted by Crippen LogP contribution is -2.30. The van der Waals surface area contributed by atoms with E-state index in [4.69, 9.17) is 11.6 Å². The molecule has 0 aliphatic carbocycles. The number of thioether (sulfide) groups is 1. The van der Waals surface area contributed by atoms with Crippen LogP contribution in [0.2, 0.25) is 5.02 Å². The van der Waals surface area contributed by atoms with E-state index in [2.05, 4.69) is 20.9 Å². The second kappa shape index (κ2) is 14.5. The van der Waals surface area contributed by atoms with Crippen molar-refractivity contribution in [1.82, 2.24) is 10.3 Å². The summed E-state index contributed by atoms with van der Waals surface area (Å²) < 4.78 is 0. The Labute approximate surface area is 264 Å². The third kappa shape index (κ3) is 7.92. The van der Waals surface area contributed by atoms with Crippen LogP contribution in [-0.4, -0.2) is 28.0 Å². The quantitative estimate of drug-likeness (QED) is 0.109. The summed E-state index contributed by atoms with van der Waals surface area (Å²) in [5, 5.41) is 10.6. The summed E-state index contributed by atoms with van der Waals surface area (Å²) in [6, 6.07) is 32.9. The van der Waals surface area contributed by atoms with Gasteiger partial charge in [-0.2, -0.15) is 0 Å². The van der Waals surface area contributed by atoms with Crippen molar-refractivity contribution in [2.75, 3.05) is 10.6 Å². The number of hydrogen-bond acceptors (Lipinski definition) is 5. The summed E-state index contributed by atoms with van der Waals surface area (Å²) in [6.07, 6.45) is 3.73. The lowest BCUT2D eigenvalue weighted by Gasteiger charge is -2.16. The van der Waals surface area contributed by atoms with Gasteiger partial charge in [-0.15, -0.1) is 11.8 Å². The Hall–Kier alpha value is -4.92. The number of halogens is 1. The predicted molar refractivity (Wildman–Crippen MR) is 179 cm³/mol. The fourth-order valence-electron chi connectivity index (χ4n) is 4.46. The van der Waals surface area contributed by atoms with E-state index in [0.717, 1.165) is 21.2 Å². The second-order valence-corrected chi connectivity index (χ2v) is 11.5. The standard InChI is InChI=1S/C35H29ClN4O3S/c1-2-31(35(43)40-32-19-18-26(36)22-37-32)44-28-16-9-15-27(21-28)38-34(42)30(39-33(41)24-11-4-3-5-12-24)20-25-14-8-13-23-10-6-7-17-29(23)25/h3-22,31H,2H2,1H3,(H,38,42)(H,39,41)(H,37,40,43)/b30-20+. The Morgan fingerprint density at radius 2 is 1.61 bits per heavy atom. The zero-order chi connectivity index (χ0) is 30.9. The molecule has 0 fully saturated rings. The number of amides is 3. The molecule has 1 atom stereocenters. The minimum absolute atomic E-state index is 0.0922. The van der Waals surface area contributed by atoms with E-state index in [0.29, 0.717) is 28.5 Å². The largest absolute Gasteiger partial charge is 0.321 e. The molecule has 0 saturated carbocycles. The number of hydrogen-bond donors (Lipinski definition) is 3. The van der Waals surface area contributed by atoms with Gasteiger partial charge in [0.25, 0.3) is 11.8 Å². The number of nitrogens with one attached hydrogen (secondary N) is 3. The maximum atomic E-state index is 13.7. The Bertz CT molecular complexity index is 1820. The van der Waals surface area contributed by atoms with Crippen LogP contribution in [0.25, 0.3) is 16.8 Å². The molecule has 0 saturated heterocycles. The minimum Gasteiger partial charge on any atom is -0.321 e. The van der Waals surface area contributed by atoms with Crippen molar-refractivity contribution >= 4 is 69.4 Å². The number of benzene rings is 4. The van der Waals surface area contributed by atoms with Crippen molar-refractivity contribution in [1.29, 1.82) is 0 Å². The SMILES string of the molecule is CCC(Sc1cccc(NC(=O)/C(=C\c2cccc3ccccc23)NC(=O)c2ccccc2)c1)C(=O)Nc1ccc(Cl)cn1. The zero-order valence-electron chi connectivity index (χ0n) is 23.8. The van der Waals surface area contributed by atoms with Crippen LogP contribution in [-0.2, 0) is 9.59 Å². The first kappa shape index (κ1) is 30.5. The molecule has 1 unspecified atom stereocenters. The summed E-state index contributed by atoms with van der Waals surface area (Å²) in [7, 11) is 0. The molecule has 5 rings (SSSR count). The van der Waals surface area contributed by atoms with Gasteiger partial charge in [-0.05, 0) is 71.3 Å². The Morgan fingerprint density at radius 3 is 2.39 bits per heavy atom. The highest BCUT2D eigenvalue weighted by molar-refractivity contribution is 8.00. The van der Waals surface area contributed by atoms with Gasteiger partial charge >= 0.3 is 0 Å². The number of aromatic nitrogens is 1. The molecule has 44 heavy (non-hydrogen) atoms. The highest BCUT2D eigenvalue weighted by atomic mass is 35.5. The Balaban J connectivity index is 1.36. The first-order chi connectivity index (χ1) is 21.4. The van der Waals surface area contributed by atoms with Crippen molar-refractivity contribution in [2.45, 2.75) is 23.5 Å². The molecule has 0 aliphatic heterocycles. The predicted octanol–water partition coefficient (Wildman–Crippen LogP) is 7.81. The van der Waals surface area contributed by atoms with Crippen LogP contribution in [0.4, 0.5) is 11.5 Å². The van der Waals surface area contributed by atoms with Crippen molar-refractivity contribution in [2.24, 2.45) is 0 Å². The fourth-order valence-corrected chi connectivity index (χ4v) is 5.59. The summed E-state index contributed by atoms with van der Waals surface area (Å²) in [5.41, 5.74) is 1.83. The van der Waals surface area contributed by atoms with Crippen LogP contribution in [0.15, 0.2) is 126 Å². The van der Waals surface area contributed by atoms with Gasteiger partial charge in [-0.1, -0.05) is 85.3 Å². The first-order valence-corrected chi connectivity index (χ1v) is 15.2. The first-order valence-electron chi connectivity index (χ1n) is 14.0. The Kier molecular flexibility index (Phi) is 10.1. The molecule has 7 nitrogen and oxygen atoms in total. The van der Waals surface area contributed by atoms with Crippen LogP contribution in [0.3, 0.4) is 0 Å². The molecule has 3 amide bonds. The number of rotatable bonds is 10. The lowest BCUT2D eigenvalue weighted by molar-refractivity contribution is -0.116. The van der Waals surface area contributed by atoms with Crippen LogP contribution in [0, 0.1) is 0 Å². The average molecular weight is 621 g/mol. The molecular weight excluding hydrogens is 592 g/mol. The van der Waals surface area contributed by atoms with Crippen molar-refractivity contribution in [3.8, 4) is 0 Å².